The SMILES string of the molecule is CCCOc1ccc(OC(=O)C2CCN(S(=O)(=O)c3ccc(C#N)cc3)CC2)cc1. The van der Waals surface area contributed by atoms with Crippen molar-refractivity contribution in [2.45, 2.75) is 31.1 Å². The van der Waals surface area contributed by atoms with Crippen LogP contribution >= 0.6 is 0 Å². The zero-order valence-corrected chi connectivity index (χ0v) is 17.6. The molecule has 0 N–H and O–H groups in total. The van der Waals surface area contributed by atoms with Gasteiger partial charge in [-0.1, -0.05) is 6.92 Å². The second-order valence-electron chi connectivity index (χ2n) is 7.06. The van der Waals surface area contributed by atoms with Crippen molar-refractivity contribution in [3.8, 4) is 17.6 Å². The molecular formula is C22H24N2O5S. The second-order valence-corrected chi connectivity index (χ2v) is 8.99. The number of sulfonamides is 1. The topological polar surface area (TPSA) is 96.7 Å². The van der Waals surface area contributed by atoms with Gasteiger partial charge < -0.3 is 9.47 Å². The Bertz CT molecular complexity index is 1000. The van der Waals surface area contributed by atoms with E-state index in [2.05, 4.69) is 0 Å². The van der Waals surface area contributed by atoms with Crippen molar-refractivity contribution in [1.29, 1.82) is 5.26 Å². The molecule has 1 aliphatic heterocycles. The first-order valence-electron chi connectivity index (χ1n) is 9.89. The van der Waals surface area contributed by atoms with E-state index in [9.17, 15) is 13.2 Å². The van der Waals surface area contributed by atoms with E-state index in [1.54, 1.807) is 24.3 Å². The first kappa shape index (κ1) is 21.8. The van der Waals surface area contributed by atoms with Gasteiger partial charge in [0.2, 0.25) is 10.0 Å². The number of piperidine rings is 1. The molecule has 2 aromatic carbocycles. The third kappa shape index (κ3) is 5.17. The Morgan fingerprint density at radius 2 is 1.67 bits per heavy atom. The number of nitriles is 1. The van der Waals surface area contributed by atoms with Crippen LogP contribution in [0.1, 0.15) is 31.7 Å². The van der Waals surface area contributed by atoms with Crippen LogP contribution in [-0.4, -0.2) is 38.4 Å². The Hall–Kier alpha value is -2.89. The molecule has 3 rings (SSSR count). The van der Waals surface area contributed by atoms with Gasteiger partial charge in [-0.15, -0.1) is 0 Å². The van der Waals surface area contributed by atoms with Crippen molar-refractivity contribution in [2.75, 3.05) is 19.7 Å². The van der Waals surface area contributed by atoms with Gasteiger partial charge in [0.05, 0.1) is 29.1 Å². The van der Waals surface area contributed by atoms with Crippen molar-refractivity contribution in [2.24, 2.45) is 5.92 Å². The van der Waals surface area contributed by atoms with E-state index in [0.717, 1.165) is 12.2 Å². The third-order valence-electron chi connectivity index (χ3n) is 4.92. The van der Waals surface area contributed by atoms with Crippen molar-refractivity contribution in [1.82, 2.24) is 4.31 Å². The molecule has 7 nitrogen and oxygen atoms in total. The Kier molecular flexibility index (Phi) is 7.08. The number of esters is 1. The van der Waals surface area contributed by atoms with Crippen LogP contribution in [0.3, 0.4) is 0 Å². The van der Waals surface area contributed by atoms with Gasteiger partial charge in [-0.05, 0) is 67.8 Å². The highest BCUT2D eigenvalue weighted by atomic mass is 32.2. The number of carbonyl (C=O) groups is 1. The van der Waals surface area contributed by atoms with Gasteiger partial charge >= 0.3 is 5.97 Å². The van der Waals surface area contributed by atoms with Gasteiger partial charge in [0.1, 0.15) is 11.5 Å². The summed E-state index contributed by atoms with van der Waals surface area (Å²) in [6.45, 7) is 3.14. The van der Waals surface area contributed by atoms with Gasteiger partial charge in [0.25, 0.3) is 0 Å². The Labute approximate surface area is 176 Å². The largest absolute Gasteiger partial charge is 0.494 e. The van der Waals surface area contributed by atoms with Crippen LogP contribution in [0.15, 0.2) is 53.4 Å². The summed E-state index contributed by atoms with van der Waals surface area (Å²) < 4.78 is 37.9. The molecule has 0 amide bonds. The van der Waals surface area contributed by atoms with Gasteiger partial charge in [-0.25, -0.2) is 8.42 Å². The summed E-state index contributed by atoms with van der Waals surface area (Å²) in [5.74, 6) is 0.454. The number of carbonyl (C=O) groups excluding carboxylic acids is 1. The Morgan fingerprint density at radius 3 is 2.23 bits per heavy atom. The molecule has 0 saturated carbocycles. The molecule has 0 bridgehead atoms. The number of rotatable bonds is 7. The minimum Gasteiger partial charge on any atom is -0.494 e. The van der Waals surface area contributed by atoms with E-state index in [1.807, 2.05) is 13.0 Å². The van der Waals surface area contributed by atoms with Crippen LogP contribution in [0, 0.1) is 17.2 Å². The standard InChI is InChI=1S/C22H24N2O5S/c1-2-15-28-19-5-7-20(8-6-19)29-22(25)18-11-13-24(14-12-18)30(26,27)21-9-3-17(16-23)4-10-21/h3-10,18H,2,11-15H2,1H3. The quantitative estimate of drug-likeness (QED) is 0.496. The smallest absolute Gasteiger partial charge is 0.314 e. The normalized spacial score (nSPS) is 15.3. The van der Waals surface area contributed by atoms with Gasteiger partial charge in [-0.3, -0.25) is 4.79 Å². The maximum absolute atomic E-state index is 12.8. The zero-order valence-electron chi connectivity index (χ0n) is 16.8. The average Bonchev–Trinajstić information content (AvgIpc) is 2.78. The van der Waals surface area contributed by atoms with Crippen molar-refractivity contribution in [3.05, 3.63) is 54.1 Å². The summed E-state index contributed by atoms with van der Waals surface area (Å²) in [6, 6.07) is 14.7. The molecule has 1 saturated heterocycles. The van der Waals surface area contributed by atoms with Crippen LogP contribution < -0.4 is 9.47 Å². The van der Waals surface area contributed by atoms with Crippen LogP contribution in [0.5, 0.6) is 11.5 Å². The maximum atomic E-state index is 12.8. The highest BCUT2D eigenvalue weighted by Crippen LogP contribution is 2.26. The highest BCUT2D eigenvalue weighted by molar-refractivity contribution is 7.89. The van der Waals surface area contributed by atoms with Gasteiger partial charge in [-0.2, -0.15) is 9.57 Å². The molecular weight excluding hydrogens is 404 g/mol. The lowest BCUT2D eigenvalue weighted by Crippen LogP contribution is -2.41. The number of hydrogen-bond acceptors (Lipinski definition) is 6. The fraction of sp³-hybridized carbons (Fsp3) is 0.364. The first-order valence-corrected chi connectivity index (χ1v) is 11.3. The minimum absolute atomic E-state index is 0.146. The fourth-order valence-electron chi connectivity index (χ4n) is 3.21. The lowest BCUT2D eigenvalue weighted by Gasteiger charge is -2.30. The molecule has 30 heavy (non-hydrogen) atoms. The lowest BCUT2D eigenvalue weighted by molar-refractivity contribution is -0.140. The first-order chi connectivity index (χ1) is 14.4. The Morgan fingerprint density at radius 1 is 1.07 bits per heavy atom. The molecule has 1 aliphatic rings. The van der Waals surface area contributed by atoms with Gasteiger partial charge in [0.15, 0.2) is 0 Å². The minimum atomic E-state index is -3.65. The summed E-state index contributed by atoms with van der Waals surface area (Å²) >= 11 is 0. The van der Waals surface area contributed by atoms with E-state index in [4.69, 9.17) is 14.7 Å². The van der Waals surface area contributed by atoms with Crippen molar-refractivity contribution < 1.29 is 22.7 Å². The fourth-order valence-corrected chi connectivity index (χ4v) is 4.68. The molecule has 2 aromatic rings. The van der Waals surface area contributed by atoms with Crippen molar-refractivity contribution in [3.63, 3.8) is 0 Å². The number of hydrogen-bond donors (Lipinski definition) is 0. The zero-order chi connectivity index (χ0) is 21.6. The molecule has 0 atom stereocenters. The van der Waals surface area contributed by atoms with Crippen LogP contribution in [-0.2, 0) is 14.8 Å². The molecule has 0 spiro atoms. The predicted octanol–water partition coefficient (Wildman–Crippen LogP) is 3.35. The molecule has 0 radical (unpaired) electrons. The Balaban J connectivity index is 1.55. The monoisotopic (exact) mass is 428 g/mol. The average molecular weight is 429 g/mol. The molecule has 158 valence electrons. The van der Waals surface area contributed by atoms with E-state index >= 15 is 0 Å². The molecule has 0 aliphatic carbocycles. The van der Waals surface area contributed by atoms with Crippen molar-refractivity contribution >= 4 is 16.0 Å². The third-order valence-corrected chi connectivity index (χ3v) is 6.84. The summed E-state index contributed by atoms with van der Waals surface area (Å²) in [5, 5.41) is 8.85. The van der Waals surface area contributed by atoms with Crippen LogP contribution in [0.25, 0.3) is 0 Å². The lowest BCUT2D eigenvalue weighted by atomic mass is 9.98. The van der Waals surface area contributed by atoms with E-state index in [-0.39, 0.29) is 29.9 Å². The highest BCUT2D eigenvalue weighted by Gasteiger charge is 2.33. The van der Waals surface area contributed by atoms with Crippen LogP contribution in [0.4, 0.5) is 0 Å². The molecule has 8 heteroatoms. The molecule has 0 unspecified atom stereocenters. The molecule has 1 fully saturated rings. The number of nitrogens with zero attached hydrogens (tertiary/aromatic N) is 2. The summed E-state index contributed by atoms with van der Waals surface area (Å²) in [4.78, 5) is 12.6. The van der Waals surface area contributed by atoms with Gasteiger partial charge in [0, 0.05) is 13.1 Å². The number of benzene rings is 2. The summed E-state index contributed by atoms with van der Waals surface area (Å²) in [7, 11) is -3.65. The van der Waals surface area contributed by atoms with E-state index in [1.165, 1.54) is 28.6 Å². The summed E-state index contributed by atoms with van der Waals surface area (Å²) in [6.07, 6.45) is 1.70. The summed E-state index contributed by atoms with van der Waals surface area (Å²) in [5.41, 5.74) is 0.403. The van der Waals surface area contributed by atoms with E-state index in [0.29, 0.717) is 30.8 Å². The number of ether oxygens (including phenoxy) is 2. The maximum Gasteiger partial charge on any atom is 0.314 e. The molecule has 1 heterocycles. The van der Waals surface area contributed by atoms with E-state index < -0.39 is 10.0 Å². The van der Waals surface area contributed by atoms with Crippen LogP contribution in [0.2, 0.25) is 0 Å². The predicted molar refractivity (Wildman–Crippen MR) is 111 cm³/mol. The molecule has 0 aromatic heterocycles. The second kappa shape index (κ2) is 9.74.